The summed E-state index contributed by atoms with van der Waals surface area (Å²) in [7, 11) is 0. The van der Waals surface area contributed by atoms with Gasteiger partial charge in [-0.25, -0.2) is 0 Å². The molecule has 0 radical (unpaired) electrons. The average Bonchev–Trinajstić information content (AvgIpc) is 3.06. The first kappa shape index (κ1) is 16.2. The maximum Gasteiger partial charge on any atom is 0.248 e. The number of nitrogens with one attached hydrogen (secondary N) is 1. The number of anilines is 2. The average molecular weight is 339 g/mol. The molecule has 6 heteroatoms. The number of hydrogen-bond donors (Lipinski definition) is 1. The minimum atomic E-state index is -0.589. The molecule has 0 fully saturated rings. The Morgan fingerprint density at radius 1 is 1.33 bits per heavy atom. The minimum Gasteiger partial charge on any atom is -0.315 e. The van der Waals surface area contributed by atoms with Crippen LogP contribution in [0.3, 0.4) is 0 Å². The van der Waals surface area contributed by atoms with Crippen LogP contribution in [0.5, 0.6) is 0 Å². The molecule has 1 N–H and O–H groups in total. The number of fused-ring (bicyclic) bond motifs is 1. The number of para-hydroxylation sites is 1. The largest absolute Gasteiger partial charge is 0.315 e. The van der Waals surface area contributed by atoms with Gasteiger partial charge in [-0.05, 0) is 31.0 Å². The van der Waals surface area contributed by atoms with Crippen LogP contribution >= 0.6 is 11.3 Å². The molecule has 3 rings (SSSR count). The molecule has 0 saturated carbocycles. The SMILES string of the molecule is CC(=O)N1c2ccccc2C[C@H]1C(=O)Nc1sc(C)c(C)c1C#N. The van der Waals surface area contributed by atoms with Crippen molar-refractivity contribution in [2.45, 2.75) is 33.2 Å². The predicted octanol–water partition coefficient (Wildman–Crippen LogP) is 3.15. The standard InChI is InChI=1S/C18H17N3O2S/c1-10-11(2)24-18(14(10)9-19)20-17(23)16-8-13-6-4-5-7-15(13)21(16)12(3)22/h4-7,16H,8H2,1-3H3,(H,20,23)/t16-/m0/s1. The molecule has 1 atom stereocenters. The molecule has 0 unspecified atom stereocenters. The minimum absolute atomic E-state index is 0.167. The summed E-state index contributed by atoms with van der Waals surface area (Å²) in [5.41, 5.74) is 3.14. The number of hydrogen-bond acceptors (Lipinski definition) is 4. The van der Waals surface area contributed by atoms with Crippen molar-refractivity contribution >= 4 is 33.8 Å². The molecule has 0 aliphatic carbocycles. The van der Waals surface area contributed by atoms with E-state index >= 15 is 0 Å². The van der Waals surface area contributed by atoms with Gasteiger partial charge in [0, 0.05) is 23.9 Å². The van der Waals surface area contributed by atoms with Crippen LogP contribution in [0.25, 0.3) is 0 Å². The van der Waals surface area contributed by atoms with Crippen molar-refractivity contribution in [1.29, 1.82) is 5.26 Å². The Hall–Kier alpha value is -2.65. The van der Waals surface area contributed by atoms with Crippen LogP contribution in [0.1, 0.15) is 28.5 Å². The van der Waals surface area contributed by atoms with E-state index in [0.717, 1.165) is 21.7 Å². The van der Waals surface area contributed by atoms with Crippen LogP contribution in [0, 0.1) is 25.2 Å². The lowest BCUT2D eigenvalue weighted by Crippen LogP contribution is -2.44. The Morgan fingerprint density at radius 3 is 2.71 bits per heavy atom. The number of rotatable bonds is 2. The Balaban J connectivity index is 1.90. The van der Waals surface area contributed by atoms with Gasteiger partial charge >= 0.3 is 0 Å². The monoisotopic (exact) mass is 339 g/mol. The number of amides is 2. The van der Waals surface area contributed by atoms with Gasteiger partial charge in [0.2, 0.25) is 11.8 Å². The van der Waals surface area contributed by atoms with E-state index in [1.807, 2.05) is 38.1 Å². The summed E-state index contributed by atoms with van der Waals surface area (Å²) in [6.07, 6.45) is 0.479. The number of carbonyl (C=O) groups is 2. The second kappa shape index (κ2) is 6.10. The molecule has 0 bridgehead atoms. The smallest absolute Gasteiger partial charge is 0.248 e. The van der Waals surface area contributed by atoms with Gasteiger partial charge in [0.1, 0.15) is 17.1 Å². The lowest BCUT2D eigenvalue weighted by atomic mass is 10.1. The zero-order valence-corrected chi connectivity index (χ0v) is 14.5. The molecule has 1 aliphatic heterocycles. The van der Waals surface area contributed by atoms with Gasteiger partial charge in [-0.1, -0.05) is 18.2 Å². The molecular formula is C18H17N3O2S. The van der Waals surface area contributed by atoms with Gasteiger partial charge in [-0.3, -0.25) is 14.5 Å². The van der Waals surface area contributed by atoms with E-state index in [4.69, 9.17) is 0 Å². The van der Waals surface area contributed by atoms with Crippen LogP contribution in [0.2, 0.25) is 0 Å². The van der Waals surface area contributed by atoms with Crippen LogP contribution < -0.4 is 10.2 Å². The van der Waals surface area contributed by atoms with Crippen LogP contribution in [0.4, 0.5) is 10.7 Å². The van der Waals surface area contributed by atoms with E-state index in [1.165, 1.54) is 23.2 Å². The summed E-state index contributed by atoms with van der Waals surface area (Å²) in [5, 5.41) is 12.7. The number of aryl methyl sites for hydroxylation is 1. The Labute approximate surface area is 144 Å². The van der Waals surface area contributed by atoms with Crippen molar-refractivity contribution in [1.82, 2.24) is 0 Å². The molecule has 24 heavy (non-hydrogen) atoms. The Morgan fingerprint density at radius 2 is 2.04 bits per heavy atom. The van der Waals surface area contributed by atoms with E-state index < -0.39 is 6.04 Å². The summed E-state index contributed by atoms with van der Waals surface area (Å²) in [4.78, 5) is 27.4. The number of thiophene rings is 1. The van der Waals surface area contributed by atoms with Crippen molar-refractivity contribution in [2.24, 2.45) is 0 Å². The first-order valence-corrected chi connectivity index (χ1v) is 8.44. The maximum absolute atomic E-state index is 12.8. The fourth-order valence-corrected chi connectivity index (χ4v) is 4.04. The first-order valence-electron chi connectivity index (χ1n) is 7.62. The van der Waals surface area contributed by atoms with Crippen LogP contribution in [-0.2, 0) is 16.0 Å². The zero-order chi connectivity index (χ0) is 17.4. The molecule has 2 aromatic rings. The highest BCUT2D eigenvalue weighted by molar-refractivity contribution is 7.16. The van der Waals surface area contributed by atoms with E-state index in [-0.39, 0.29) is 11.8 Å². The highest BCUT2D eigenvalue weighted by atomic mass is 32.1. The Bertz CT molecular complexity index is 879. The maximum atomic E-state index is 12.8. The van der Waals surface area contributed by atoms with Crippen LogP contribution in [0.15, 0.2) is 24.3 Å². The van der Waals surface area contributed by atoms with Gasteiger partial charge in [-0.2, -0.15) is 5.26 Å². The third-order valence-electron chi connectivity index (χ3n) is 4.35. The third-order valence-corrected chi connectivity index (χ3v) is 5.47. The molecule has 1 aromatic carbocycles. The summed E-state index contributed by atoms with van der Waals surface area (Å²) in [6, 6.07) is 9.09. The lowest BCUT2D eigenvalue weighted by Gasteiger charge is -2.23. The normalized spacial score (nSPS) is 15.8. The summed E-state index contributed by atoms with van der Waals surface area (Å²) >= 11 is 1.39. The molecule has 1 aliphatic rings. The molecular weight excluding hydrogens is 322 g/mol. The van der Waals surface area contributed by atoms with Gasteiger partial charge < -0.3 is 5.32 Å². The topological polar surface area (TPSA) is 73.2 Å². The van der Waals surface area contributed by atoms with Crippen molar-refractivity contribution in [3.05, 3.63) is 45.8 Å². The van der Waals surface area contributed by atoms with Gasteiger partial charge in [-0.15, -0.1) is 11.3 Å². The molecule has 0 saturated heterocycles. The van der Waals surface area contributed by atoms with E-state index in [2.05, 4.69) is 11.4 Å². The molecule has 5 nitrogen and oxygen atoms in total. The van der Waals surface area contributed by atoms with Crippen molar-refractivity contribution in [3.8, 4) is 6.07 Å². The summed E-state index contributed by atoms with van der Waals surface area (Å²) in [5.74, 6) is -0.432. The number of nitrogens with zero attached hydrogens (tertiary/aromatic N) is 2. The van der Waals surface area contributed by atoms with Gasteiger partial charge in [0.25, 0.3) is 0 Å². The number of benzene rings is 1. The Kier molecular flexibility index (Phi) is 4.12. The molecule has 122 valence electrons. The second-order valence-electron chi connectivity index (χ2n) is 5.83. The molecule has 0 spiro atoms. The molecule has 1 aromatic heterocycles. The lowest BCUT2D eigenvalue weighted by molar-refractivity contribution is -0.122. The van der Waals surface area contributed by atoms with Crippen LogP contribution in [-0.4, -0.2) is 17.9 Å². The highest BCUT2D eigenvalue weighted by Crippen LogP contribution is 2.35. The van der Waals surface area contributed by atoms with E-state index in [9.17, 15) is 14.9 Å². The second-order valence-corrected chi connectivity index (χ2v) is 7.05. The van der Waals surface area contributed by atoms with Crippen molar-refractivity contribution in [2.75, 3.05) is 10.2 Å². The van der Waals surface area contributed by atoms with Gasteiger partial charge in [0.15, 0.2) is 0 Å². The molecule has 2 heterocycles. The van der Waals surface area contributed by atoms with Crippen molar-refractivity contribution in [3.63, 3.8) is 0 Å². The molecule has 2 amide bonds. The summed E-state index contributed by atoms with van der Waals surface area (Å²) < 4.78 is 0. The highest BCUT2D eigenvalue weighted by Gasteiger charge is 2.37. The predicted molar refractivity (Wildman–Crippen MR) is 94.2 cm³/mol. The number of carbonyl (C=O) groups excluding carboxylic acids is 2. The fourth-order valence-electron chi connectivity index (χ4n) is 3.03. The summed E-state index contributed by atoms with van der Waals surface area (Å²) in [6.45, 7) is 5.25. The third kappa shape index (κ3) is 2.57. The fraction of sp³-hybridized carbons (Fsp3) is 0.278. The number of nitriles is 1. The van der Waals surface area contributed by atoms with E-state index in [0.29, 0.717) is 17.0 Å². The van der Waals surface area contributed by atoms with E-state index in [1.54, 1.807) is 0 Å². The van der Waals surface area contributed by atoms with Gasteiger partial charge in [0.05, 0.1) is 5.56 Å². The quantitative estimate of drug-likeness (QED) is 0.913. The first-order chi connectivity index (χ1) is 11.4. The van der Waals surface area contributed by atoms with Crippen molar-refractivity contribution < 1.29 is 9.59 Å². The zero-order valence-electron chi connectivity index (χ0n) is 13.7.